The molecule has 1 amide bonds. The number of hydrogen-bond acceptors (Lipinski definition) is 3. The summed E-state index contributed by atoms with van der Waals surface area (Å²) in [6.45, 7) is 3.72. The Balaban J connectivity index is 2.81. The fraction of sp³-hybridized carbons (Fsp3) is 0.273. The van der Waals surface area contributed by atoms with Crippen molar-refractivity contribution in [1.29, 1.82) is 5.26 Å². The van der Waals surface area contributed by atoms with Gasteiger partial charge in [-0.2, -0.15) is 5.26 Å². The fourth-order valence-corrected chi connectivity index (χ4v) is 1.66. The number of nitriles is 1. The summed E-state index contributed by atoms with van der Waals surface area (Å²) < 4.78 is 0. The molecule has 15 heavy (non-hydrogen) atoms. The van der Waals surface area contributed by atoms with Gasteiger partial charge in [-0.1, -0.05) is 6.07 Å². The van der Waals surface area contributed by atoms with Crippen LogP contribution in [-0.2, 0) is 4.79 Å². The Morgan fingerprint density at radius 1 is 1.67 bits per heavy atom. The zero-order valence-corrected chi connectivity index (χ0v) is 9.47. The summed E-state index contributed by atoms with van der Waals surface area (Å²) in [5.74, 6) is -0.319. The molecule has 1 rings (SSSR count). The van der Waals surface area contributed by atoms with E-state index in [0.29, 0.717) is 0 Å². The van der Waals surface area contributed by atoms with Crippen LogP contribution in [0.25, 0.3) is 6.08 Å². The van der Waals surface area contributed by atoms with Gasteiger partial charge in [0.1, 0.15) is 11.6 Å². The van der Waals surface area contributed by atoms with Crippen molar-refractivity contribution in [2.45, 2.75) is 19.9 Å². The van der Waals surface area contributed by atoms with E-state index in [-0.39, 0.29) is 17.5 Å². The van der Waals surface area contributed by atoms with Crippen LogP contribution in [-0.4, -0.2) is 11.9 Å². The molecule has 0 spiro atoms. The van der Waals surface area contributed by atoms with E-state index in [1.165, 1.54) is 11.3 Å². The minimum atomic E-state index is -0.319. The summed E-state index contributed by atoms with van der Waals surface area (Å²) >= 11 is 1.50. The summed E-state index contributed by atoms with van der Waals surface area (Å²) in [5.41, 5.74) is 0.145. The average Bonchev–Trinajstić information content (AvgIpc) is 2.65. The molecule has 0 aromatic carbocycles. The number of hydrogen-bond donors (Lipinski definition) is 1. The number of amides is 1. The second-order valence-corrected chi connectivity index (χ2v) is 4.29. The van der Waals surface area contributed by atoms with Crippen molar-refractivity contribution in [2.75, 3.05) is 0 Å². The molecule has 0 saturated heterocycles. The first-order valence-electron chi connectivity index (χ1n) is 4.59. The van der Waals surface area contributed by atoms with Crippen molar-refractivity contribution >= 4 is 23.3 Å². The number of carbonyl (C=O) groups excluding carboxylic acids is 1. The third-order valence-electron chi connectivity index (χ3n) is 1.61. The average molecular weight is 220 g/mol. The van der Waals surface area contributed by atoms with Gasteiger partial charge in [0.15, 0.2) is 0 Å². The van der Waals surface area contributed by atoms with E-state index in [0.717, 1.165) is 4.88 Å². The number of thiophene rings is 1. The number of carbonyl (C=O) groups is 1. The first-order valence-corrected chi connectivity index (χ1v) is 5.47. The molecular weight excluding hydrogens is 208 g/mol. The smallest absolute Gasteiger partial charge is 0.262 e. The Kier molecular flexibility index (Phi) is 4.07. The normalized spacial score (nSPS) is 11.2. The molecular formula is C11H12N2OS. The van der Waals surface area contributed by atoms with E-state index in [9.17, 15) is 4.79 Å². The molecule has 4 heteroatoms. The molecule has 0 aliphatic rings. The number of rotatable bonds is 3. The zero-order chi connectivity index (χ0) is 11.3. The molecule has 1 aromatic heterocycles. The van der Waals surface area contributed by atoms with Gasteiger partial charge in [-0.3, -0.25) is 4.79 Å². The van der Waals surface area contributed by atoms with Crippen molar-refractivity contribution in [1.82, 2.24) is 5.32 Å². The van der Waals surface area contributed by atoms with Gasteiger partial charge in [0, 0.05) is 10.9 Å². The van der Waals surface area contributed by atoms with Crippen LogP contribution in [0.15, 0.2) is 23.1 Å². The maximum absolute atomic E-state index is 11.5. The summed E-state index contributed by atoms with van der Waals surface area (Å²) in [7, 11) is 0. The lowest BCUT2D eigenvalue weighted by Gasteiger charge is -2.06. The highest BCUT2D eigenvalue weighted by Gasteiger charge is 2.09. The third kappa shape index (κ3) is 3.56. The lowest BCUT2D eigenvalue weighted by atomic mass is 10.2. The molecule has 0 unspecified atom stereocenters. The summed E-state index contributed by atoms with van der Waals surface area (Å²) in [6, 6.07) is 5.69. The van der Waals surface area contributed by atoms with Gasteiger partial charge in [0.2, 0.25) is 0 Å². The third-order valence-corrected chi connectivity index (χ3v) is 2.43. The lowest BCUT2D eigenvalue weighted by Crippen LogP contribution is -2.30. The van der Waals surface area contributed by atoms with E-state index in [2.05, 4.69) is 5.32 Å². The topological polar surface area (TPSA) is 52.9 Å². The maximum atomic E-state index is 11.5. The van der Waals surface area contributed by atoms with Crippen LogP contribution in [0.3, 0.4) is 0 Å². The van der Waals surface area contributed by atoms with Gasteiger partial charge in [-0.05, 0) is 31.4 Å². The second kappa shape index (κ2) is 5.32. The molecule has 0 atom stereocenters. The standard InChI is InChI=1S/C11H12N2OS/c1-8(2)13-11(14)9(7-12)6-10-4-3-5-15-10/h3-6,8H,1-2H3,(H,13,14)/b9-6-. The van der Waals surface area contributed by atoms with Crippen molar-refractivity contribution < 1.29 is 4.79 Å². The second-order valence-electron chi connectivity index (χ2n) is 3.31. The first-order chi connectivity index (χ1) is 7.13. The SMILES string of the molecule is CC(C)NC(=O)/C(C#N)=C\c1cccs1. The van der Waals surface area contributed by atoms with Crippen molar-refractivity contribution in [2.24, 2.45) is 0 Å². The highest BCUT2D eigenvalue weighted by molar-refractivity contribution is 7.10. The van der Waals surface area contributed by atoms with Crippen LogP contribution in [0.1, 0.15) is 18.7 Å². The van der Waals surface area contributed by atoms with Gasteiger partial charge in [0.25, 0.3) is 5.91 Å². The maximum Gasteiger partial charge on any atom is 0.262 e. The quantitative estimate of drug-likeness (QED) is 0.627. The van der Waals surface area contributed by atoms with Crippen molar-refractivity contribution in [3.05, 3.63) is 28.0 Å². The molecule has 1 aromatic rings. The van der Waals surface area contributed by atoms with E-state index < -0.39 is 0 Å². The Morgan fingerprint density at radius 3 is 2.87 bits per heavy atom. The highest BCUT2D eigenvalue weighted by Crippen LogP contribution is 2.13. The molecule has 78 valence electrons. The molecule has 0 bridgehead atoms. The molecule has 0 aliphatic carbocycles. The van der Waals surface area contributed by atoms with E-state index in [1.54, 1.807) is 6.08 Å². The van der Waals surface area contributed by atoms with Gasteiger partial charge in [-0.25, -0.2) is 0 Å². The largest absolute Gasteiger partial charge is 0.349 e. The monoisotopic (exact) mass is 220 g/mol. The Bertz CT molecular complexity index is 399. The number of nitrogens with zero attached hydrogens (tertiary/aromatic N) is 1. The first kappa shape index (κ1) is 11.5. The van der Waals surface area contributed by atoms with E-state index in [4.69, 9.17) is 5.26 Å². The number of nitrogens with one attached hydrogen (secondary N) is 1. The Hall–Kier alpha value is -1.60. The molecule has 0 fully saturated rings. The molecule has 0 saturated carbocycles. The lowest BCUT2D eigenvalue weighted by molar-refractivity contribution is -0.117. The zero-order valence-electron chi connectivity index (χ0n) is 8.65. The van der Waals surface area contributed by atoms with Crippen LogP contribution in [0, 0.1) is 11.3 Å². The minimum Gasteiger partial charge on any atom is -0.349 e. The van der Waals surface area contributed by atoms with E-state index >= 15 is 0 Å². The molecule has 0 radical (unpaired) electrons. The summed E-state index contributed by atoms with van der Waals surface area (Å²) in [4.78, 5) is 12.4. The van der Waals surface area contributed by atoms with Gasteiger partial charge >= 0.3 is 0 Å². The minimum absolute atomic E-state index is 0.0394. The van der Waals surface area contributed by atoms with Gasteiger partial charge < -0.3 is 5.32 Å². The molecule has 1 N–H and O–H groups in total. The Labute approximate surface area is 93.0 Å². The summed E-state index contributed by atoms with van der Waals surface area (Å²) in [6.07, 6.45) is 1.60. The highest BCUT2D eigenvalue weighted by atomic mass is 32.1. The molecule has 1 heterocycles. The molecule has 3 nitrogen and oxygen atoms in total. The van der Waals surface area contributed by atoms with E-state index in [1.807, 2.05) is 37.4 Å². The predicted molar refractivity (Wildman–Crippen MR) is 61.2 cm³/mol. The predicted octanol–water partition coefficient (Wildman–Crippen LogP) is 2.18. The Morgan fingerprint density at radius 2 is 2.40 bits per heavy atom. The van der Waals surface area contributed by atoms with Crippen LogP contribution in [0.5, 0.6) is 0 Å². The fourth-order valence-electron chi connectivity index (χ4n) is 1.00. The van der Waals surface area contributed by atoms with Crippen LogP contribution >= 0.6 is 11.3 Å². The summed E-state index contributed by atoms with van der Waals surface area (Å²) in [5, 5.41) is 13.4. The van der Waals surface area contributed by atoms with Crippen molar-refractivity contribution in [3.63, 3.8) is 0 Å². The van der Waals surface area contributed by atoms with Crippen molar-refractivity contribution in [3.8, 4) is 6.07 Å². The molecule has 0 aliphatic heterocycles. The van der Waals surface area contributed by atoms with Gasteiger partial charge in [-0.15, -0.1) is 11.3 Å². The van der Waals surface area contributed by atoms with Crippen LogP contribution in [0.2, 0.25) is 0 Å². The van der Waals surface area contributed by atoms with Crippen LogP contribution < -0.4 is 5.32 Å². The van der Waals surface area contributed by atoms with Gasteiger partial charge in [0.05, 0.1) is 0 Å². The van der Waals surface area contributed by atoms with Crippen LogP contribution in [0.4, 0.5) is 0 Å².